The van der Waals surface area contributed by atoms with Gasteiger partial charge in [0.1, 0.15) is 19.0 Å². The number of alkyl carbamates (subject to hydrolysis) is 1. The fourth-order valence-electron chi connectivity index (χ4n) is 3.26. The van der Waals surface area contributed by atoms with Gasteiger partial charge in [0.05, 0.1) is 12.7 Å². The minimum absolute atomic E-state index is 0.00191. The van der Waals surface area contributed by atoms with Gasteiger partial charge < -0.3 is 19.0 Å². The molecule has 0 aliphatic heterocycles. The lowest BCUT2D eigenvalue weighted by Gasteiger charge is -2.18. The number of amides is 1. The van der Waals surface area contributed by atoms with Crippen LogP contribution in [0.4, 0.5) is 4.79 Å². The minimum atomic E-state index is -3.66. The zero-order valence-corrected chi connectivity index (χ0v) is 20.1. The van der Waals surface area contributed by atoms with Crippen molar-refractivity contribution < 1.29 is 31.7 Å². The van der Waals surface area contributed by atoms with Gasteiger partial charge in [0, 0.05) is 12.5 Å². The number of hydrogen-bond acceptors (Lipinski definition) is 7. The lowest BCUT2D eigenvalue weighted by atomic mass is 9.95. The maximum atomic E-state index is 12.5. The van der Waals surface area contributed by atoms with Crippen molar-refractivity contribution in [3.63, 3.8) is 0 Å². The summed E-state index contributed by atoms with van der Waals surface area (Å²) in [4.78, 5) is 24.8. The van der Waals surface area contributed by atoms with E-state index in [1.54, 1.807) is 12.1 Å². The summed E-state index contributed by atoms with van der Waals surface area (Å²) in [6.07, 6.45) is 0.337. The largest absolute Gasteiger partial charge is 0.461 e. The highest BCUT2D eigenvalue weighted by Crippen LogP contribution is 2.23. The molecule has 0 heterocycles. The van der Waals surface area contributed by atoms with Crippen LogP contribution in [0.5, 0.6) is 5.75 Å². The second-order valence-electron chi connectivity index (χ2n) is 7.85. The van der Waals surface area contributed by atoms with Crippen molar-refractivity contribution in [3.05, 3.63) is 102 Å². The third-order valence-corrected chi connectivity index (χ3v) is 5.46. The van der Waals surface area contributed by atoms with E-state index in [0.717, 1.165) is 17.4 Å². The number of carbonyl (C=O) groups excluding carboxylic acids is 2. The van der Waals surface area contributed by atoms with Gasteiger partial charge in [-0.2, -0.15) is 8.42 Å². The molecule has 1 amide bonds. The predicted molar refractivity (Wildman–Crippen MR) is 130 cm³/mol. The van der Waals surface area contributed by atoms with Gasteiger partial charge >= 0.3 is 22.2 Å². The number of benzene rings is 3. The maximum Gasteiger partial charge on any atom is 0.407 e. The van der Waals surface area contributed by atoms with E-state index < -0.39 is 28.1 Å². The molecule has 1 atom stereocenters. The number of nitrogens with one attached hydrogen (secondary N) is 1. The standard InChI is InChI=1S/C26H27NO7S/c1-35(30,31)34-24-14-12-22(13-15-24)23(16-25(28)32-18-20-8-4-2-5-9-20)17-27-26(29)33-19-21-10-6-3-7-11-21/h2-15,23H,16-19H2,1H3,(H,27,29). The Hall–Kier alpha value is -3.85. The Kier molecular flexibility index (Phi) is 9.25. The van der Waals surface area contributed by atoms with Crippen molar-refractivity contribution in [3.8, 4) is 5.75 Å². The van der Waals surface area contributed by atoms with E-state index in [1.165, 1.54) is 12.1 Å². The van der Waals surface area contributed by atoms with Crippen molar-refractivity contribution in [2.45, 2.75) is 25.6 Å². The van der Waals surface area contributed by atoms with Gasteiger partial charge in [-0.15, -0.1) is 0 Å². The van der Waals surface area contributed by atoms with Gasteiger partial charge in [0.2, 0.25) is 0 Å². The fourth-order valence-corrected chi connectivity index (χ4v) is 3.72. The molecule has 0 saturated heterocycles. The van der Waals surface area contributed by atoms with E-state index in [4.69, 9.17) is 13.7 Å². The monoisotopic (exact) mass is 497 g/mol. The highest BCUT2D eigenvalue weighted by molar-refractivity contribution is 7.86. The minimum Gasteiger partial charge on any atom is -0.461 e. The molecule has 184 valence electrons. The van der Waals surface area contributed by atoms with Crippen LogP contribution in [-0.4, -0.2) is 33.3 Å². The molecule has 0 radical (unpaired) electrons. The molecular formula is C26H27NO7S. The van der Waals surface area contributed by atoms with Crippen LogP contribution in [0.1, 0.15) is 29.0 Å². The lowest BCUT2D eigenvalue weighted by molar-refractivity contribution is -0.145. The molecule has 0 aliphatic carbocycles. The summed E-state index contributed by atoms with van der Waals surface area (Å²) in [6, 6.07) is 24.9. The molecule has 3 aromatic carbocycles. The fraction of sp³-hybridized carbons (Fsp3) is 0.231. The molecule has 1 unspecified atom stereocenters. The van der Waals surface area contributed by atoms with Gasteiger partial charge in [-0.1, -0.05) is 72.8 Å². The lowest BCUT2D eigenvalue weighted by Crippen LogP contribution is -2.30. The second kappa shape index (κ2) is 12.6. The first-order valence-corrected chi connectivity index (χ1v) is 12.7. The smallest absolute Gasteiger partial charge is 0.407 e. The summed E-state index contributed by atoms with van der Waals surface area (Å²) >= 11 is 0. The Balaban J connectivity index is 1.62. The third-order valence-electron chi connectivity index (χ3n) is 4.96. The maximum absolute atomic E-state index is 12.5. The Morgan fingerprint density at radius 2 is 1.34 bits per heavy atom. The van der Waals surface area contributed by atoms with Crippen LogP contribution in [-0.2, 0) is 37.6 Å². The molecule has 0 saturated carbocycles. The number of hydrogen-bond donors (Lipinski definition) is 1. The van der Waals surface area contributed by atoms with Crippen LogP contribution in [0.15, 0.2) is 84.9 Å². The van der Waals surface area contributed by atoms with Gasteiger partial charge in [-0.05, 0) is 28.8 Å². The van der Waals surface area contributed by atoms with Gasteiger partial charge in [-0.25, -0.2) is 4.79 Å². The molecule has 3 rings (SSSR count). The van der Waals surface area contributed by atoms with Gasteiger partial charge in [0.25, 0.3) is 0 Å². The topological polar surface area (TPSA) is 108 Å². The molecule has 0 aliphatic rings. The SMILES string of the molecule is CS(=O)(=O)Oc1ccc(C(CNC(=O)OCc2ccccc2)CC(=O)OCc2ccccc2)cc1. The highest BCUT2D eigenvalue weighted by atomic mass is 32.2. The second-order valence-corrected chi connectivity index (χ2v) is 9.42. The van der Waals surface area contributed by atoms with Crippen LogP contribution in [0.3, 0.4) is 0 Å². The molecule has 35 heavy (non-hydrogen) atoms. The molecule has 3 aromatic rings. The highest BCUT2D eigenvalue weighted by Gasteiger charge is 2.19. The van der Waals surface area contributed by atoms with Crippen LogP contribution in [0.25, 0.3) is 0 Å². The normalized spacial score (nSPS) is 11.8. The average molecular weight is 498 g/mol. The number of rotatable bonds is 11. The molecule has 0 spiro atoms. The summed E-state index contributed by atoms with van der Waals surface area (Å²) in [6.45, 7) is 0.369. The summed E-state index contributed by atoms with van der Waals surface area (Å²) < 4.78 is 38.2. The molecule has 0 fully saturated rings. The van der Waals surface area contributed by atoms with Crippen LogP contribution < -0.4 is 9.50 Å². The van der Waals surface area contributed by atoms with Crippen LogP contribution in [0.2, 0.25) is 0 Å². The Morgan fingerprint density at radius 3 is 1.89 bits per heavy atom. The van der Waals surface area contributed by atoms with E-state index in [1.807, 2.05) is 60.7 Å². The number of esters is 1. The third kappa shape index (κ3) is 9.50. The summed E-state index contributed by atoms with van der Waals surface area (Å²) in [5, 5.41) is 2.69. The molecule has 0 bridgehead atoms. The first kappa shape index (κ1) is 25.8. The van der Waals surface area contributed by atoms with Crippen LogP contribution >= 0.6 is 0 Å². The Morgan fingerprint density at radius 1 is 0.800 bits per heavy atom. The summed E-state index contributed by atoms with van der Waals surface area (Å²) in [7, 11) is -3.66. The first-order valence-electron chi connectivity index (χ1n) is 10.9. The molecule has 1 N–H and O–H groups in total. The van der Waals surface area contributed by atoms with Crippen molar-refractivity contribution >= 4 is 22.2 Å². The first-order chi connectivity index (χ1) is 16.8. The van der Waals surface area contributed by atoms with E-state index >= 15 is 0 Å². The summed E-state index contributed by atoms with van der Waals surface area (Å²) in [5.74, 6) is -0.721. The van der Waals surface area contributed by atoms with Crippen LogP contribution in [0, 0.1) is 0 Å². The number of carbonyl (C=O) groups is 2. The van der Waals surface area contributed by atoms with E-state index in [-0.39, 0.29) is 31.9 Å². The van der Waals surface area contributed by atoms with Crippen molar-refractivity contribution in [2.24, 2.45) is 0 Å². The summed E-state index contributed by atoms with van der Waals surface area (Å²) in [5.41, 5.74) is 2.42. The Labute approximate surface area is 205 Å². The number of ether oxygens (including phenoxy) is 2. The van der Waals surface area contributed by atoms with Gasteiger partial charge in [-0.3, -0.25) is 4.79 Å². The van der Waals surface area contributed by atoms with E-state index in [9.17, 15) is 18.0 Å². The quantitative estimate of drug-likeness (QED) is 0.313. The molecule has 0 aromatic heterocycles. The molecule has 9 heteroatoms. The molecule has 8 nitrogen and oxygen atoms in total. The van der Waals surface area contributed by atoms with Crippen molar-refractivity contribution in [1.82, 2.24) is 5.32 Å². The zero-order chi connectivity index (χ0) is 25.1. The van der Waals surface area contributed by atoms with E-state index in [0.29, 0.717) is 5.56 Å². The van der Waals surface area contributed by atoms with Crippen molar-refractivity contribution in [1.29, 1.82) is 0 Å². The van der Waals surface area contributed by atoms with E-state index in [2.05, 4.69) is 5.32 Å². The van der Waals surface area contributed by atoms with Crippen molar-refractivity contribution in [2.75, 3.05) is 12.8 Å². The zero-order valence-electron chi connectivity index (χ0n) is 19.3. The average Bonchev–Trinajstić information content (AvgIpc) is 2.85. The predicted octanol–water partition coefficient (Wildman–Crippen LogP) is 4.17. The van der Waals surface area contributed by atoms with Gasteiger partial charge in [0.15, 0.2) is 0 Å². The molecular weight excluding hydrogens is 470 g/mol. The Bertz CT molecular complexity index is 1200.